The molecule has 1 fully saturated rings. The second-order valence-electron chi connectivity index (χ2n) is 4.69. The third kappa shape index (κ3) is 2.80. The van der Waals surface area contributed by atoms with Crippen molar-refractivity contribution in [3.63, 3.8) is 0 Å². The van der Waals surface area contributed by atoms with Gasteiger partial charge in [-0.3, -0.25) is 4.98 Å². The van der Waals surface area contributed by atoms with E-state index in [9.17, 15) is 5.11 Å². The van der Waals surface area contributed by atoms with Crippen LogP contribution in [0.3, 0.4) is 0 Å². The lowest BCUT2D eigenvalue weighted by molar-refractivity contribution is 0.205. The minimum Gasteiger partial charge on any atom is -0.396 e. The number of nitrogens with one attached hydrogen (secondary N) is 1. The average Bonchev–Trinajstić information content (AvgIpc) is 2.76. The van der Waals surface area contributed by atoms with Gasteiger partial charge in [-0.15, -0.1) is 0 Å². The summed E-state index contributed by atoms with van der Waals surface area (Å²) in [5.74, 6) is 0.436. The number of aliphatic hydroxyl groups is 1. The highest BCUT2D eigenvalue weighted by Gasteiger charge is 2.25. The molecule has 0 saturated heterocycles. The molecular formula is C13H20N2O. The van der Waals surface area contributed by atoms with Crippen molar-refractivity contribution in [2.24, 2.45) is 5.92 Å². The van der Waals surface area contributed by atoms with E-state index in [2.05, 4.69) is 22.4 Å². The van der Waals surface area contributed by atoms with Gasteiger partial charge in [-0.25, -0.2) is 0 Å². The molecule has 0 aliphatic heterocycles. The minimum absolute atomic E-state index is 0.305. The van der Waals surface area contributed by atoms with E-state index in [1.165, 1.54) is 18.4 Å². The quantitative estimate of drug-likeness (QED) is 0.811. The summed E-state index contributed by atoms with van der Waals surface area (Å²) in [4.78, 5) is 4.37. The van der Waals surface area contributed by atoms with Gasteiger partial charge in [0.1, 0.15) is 0 Å². The topological polar surface area (TPSA) is 45.1 Å². The summed E-state index contributed by atoms with van der Waals surface area (Å²) in [5.41, 5.74) is 2.27. The number of aromatic nitrogens is 1. The molecule has 1 aliphatic rings. The lowest BCUT2D eigenvalue weighted by atomic mass is 10.1. The van der Waals surface area contributed by atoms with Gasteiger partial charge in [-0.2, -0.15) is 0 Å². The van der Waals surface area contributed by atoms with Crippen LogP contribution in [0.2, 0.25) is 0 Å². The van der Waals surface area contributed by atoms with Crippen LogP contribution in [0.5, 0.6) is 0 Å². The van der Waals surface area contributed by atoms with E-state index in [4.69, 9.17) is 0 Å². The Labute approximate surface area is 96.9 Å². The normalized spacial score (nSPS) is 24.9. The highest BCUT2D eigenvalue weighted by atomic mass is 16.3. The monoisotopic (exact) mass is 220 g/mol. The van der Waals surface area contributed by atoms with E-state index in [0.29, 0.717) is 18.6 Å². The zero-order chi connectivity index (χ0) is 11.4. The number of pyridine rings is 1. The molecule has 2 N–H and O–H groups in total. The fraction of sp³-hybridized carbons (Fsp3) is 0.615. The summed E-state index contributed by atoms with van der Waals surface area (Å²) >= 11 is 0. The highest BCUT2D eigenvalue weighted by Crippen LogP contribution is 2.25. The maximum atomic E-state index is 9.21. The maximum Gasteiger partial charge on any atom is 0.0541 e. The standard InChI is InChI=1S/C13H20N2O/c1-10-5-6-12(14-7-10)8-15-13-4-2-3-11(13)9-16/h5-7,11,13,15-16H,2-4,8-9H2,1H3. The molecule has 1 aliphatic carbocycles. The molecule has 16 heavy (non-hydrogen) atoms. The first-order chi connectivity index (χ1) is 7.79. The van der Waals surface area contributed by atoms with Crippen LogP contribution in [0.1, 0.15) is 30.5 Å². The predicted molar refractivity (Wildman–Crippen MR) is 64.0 cm³/mol. The summed E-state index contributed by atoms with van der Waals surface area (Å²) in [6, 6.07) is 4.61. The lowest BCUT2D eigenvalue weighted by Crippen LogP contribution is -2.33. The summed E-state index contributed by atoms with van der Waals surface area (Å²) in [7, 11) is 0. The zero-order valence-corrected chi connectivity index (χ0v) is 9.82. The van der Waals surface area contributed by atoms with Crippen LogP contribution < -0.4 is 5.32 Å². The van der Waals surface area contributed by atoms with Crippen LogP contribution >= 0.6 is 0 Å². The van der Waals surface area contributed by atoms with Gasteiger partial charge < -0.3 is 10.4 Å². The number of rotatable bonds is 4. The molecule has 1 saturated carbocycles. The van der Waals surface area contributed by atoms with Crippen molar-refractivity contribution in [2.45, 2.75) is 38.8 Å². The second kappa shape index (κ2) is 5.41. The predicted octanol–water partition coefficient (Wildman–Crippen LogP) is 1.64. The largest absolute Gasteiger partial charge is 0.396 e. The van der Waals surface area contributed by atoms with Crippen molar-refractivity contribution >= 4 is 0 Å². The van der Waals surface area contributed by atoms with Crippen LogP contribution in [0.25, 0.3) is 0 Å². The number of aryl methyl sites for hydroxylation is 1. The molecule has 2 rings (SSSR count). The Kier molecular flexibility index (Phi) is 3.91. The third-order valence-corrected chi connectivity index (χ3v) is 3.41. The van der Waals surface area contributed by atoms with Crippen LogP contribution in [0.4, 0.5) is 0 Å². The Morgan fingerprint density at radius 2 is 2.31 bits per heavy atom. The van der Waals surface area contributed by atoms with Crippen LogP contribution in [0.15, 0.2) is 18.3 Å². The van der Waals surface area contributed by atoms with Crippen molar-refractivity contribution in [3.05, 3.63) is 29.6 Å². The fourth-order valence-corrected chi connectivity index (χ4v) is 2.36. The molecule has 1 aromatic rings. The number of nitrogens with zero attached hydrogens (tertiary/aromatic N) is 1. The van der Waals surface area contributed by atoms with Crippen LogP contribution in [-0.4, -0.2) is 22.7 Å². The SMILES string of the molecule is Cc1ccc(CNC2CCCC2CO)nc1. The molecule has 0 bridgehead atoms. The van der Waals surface area contributed by atoms with Crippen molar-refractivity contribution in [1.82, 2.24) is 10.3 Å². The molecule has 3 heteroatoms. The van der Waals surface area contributed by atoms with Crippen LogP contribution in [-0.2, 0) is 6.54 Å². The Bertz CT molecular complexity index is 323. The third-order valence-electron chi connectivity index (χ3n) is 3.41. The molecular weight excluding hydrogens is 200 g/mol. The van der Waals surface area contributed by atoms with Gasteiger partial charge in [-0.1, -0.05) is 12.5 Å². The summed E-state index contributed by atoms with van der Waals surface area (Å²) in [6.07, 6.45) is 5.45. The average molecular weight is 220 g/mol. The first kappa shape index (κ1) is 11.6. The van der Waals surface area contributed by atoms with E-state index in [1.807, 2.05) is 13.1 Å². The van der Waals surface area contributed by atoms with Gasteiger partial charge >= 0.3 is 0 Å². The first-order valence-corrected chi connectivity index (χ1v) is 6.05. The van der Waals surface area contributed by atoms with Gasteiger partial charge in [0, 0.05) is 25.4 Å². The molecule has 0 amide bonds. The highest BCUT2D eigenvalue weighted by molar-refractivity contribution is 5.12. The smallest absolute Gasteiger partial charge is 0.0541 e. The Morgan fingerprint density at radius 3 is 3.00 bits per heavy atom. The first-order valence-electron chi connectivity index (χ1n) is 6.05. The van der Waals surface area contributed by atoms with E-state index in [1.54, 1.807) is 0 Å². The van der Waals surface area contributed by atoms with Gasteiger partial charge in [0.05, 0.1) is 5.69 Å². The molecule has 3 nitrogen and oxygen atoms in total. The van der Waals surface area contributed by atoms with Gasteiger partial charge in [0.15, 0.2) is 0 Å². The van der Waals surface area contributed by atoms with Crippen molar-refractivity contribution in [1.29, 1.82) is 0 Å². The second-order valence-corrected chi connectivity index (χ2v) is 4.69. The molecule has 0 spiro atoms. The molecule has 2 unspecified atom stereocenters. The van der Waals surface area contributed by atoms with Crippen molar-refractivity contribution < 1.29 is 5.11 Å². The van der Waals surface area contributed by atoms with Crippen molar-refractivity contribution in [2.75, 3.05) is 6.61 Å². The van der Waals surface area contributed by atoms with E-state index in [0.717, 1.165) is 18.7 Å². The van der Waals surface area contributed by atoms with Crippen molar-refractivity contribution in [3.8, 4) is 0 Å². The Hall–Kier alpha value is -0.930. The maximum absolute atomic E-state index is 9.21. The zero-order valence-electron chi connectivity index (χ0n) is 9.82. The molecule has 1 aromatic heterocycles. The summed E-state index contributed by atoms with van der Waals surface area (Å²) in [6.45, 7) is 3.16. The van der Waals surface area contributed by atoms with E-state index < -0.39 is 0 Å². The summed E-state index contributed by atoms with van der Waals surface area (Å²) in [5, 5.41) is 12.7. The molecule has 0 aromatic carbocycles. The number of hydrogen-bond donors (Lipinski definition) is 2. The Morgan fingerprint density at radius 1 is 1.44 bits per heavy atom. The minimum atomic E-state index is 0.305. The van der Waals surface area contributed by atoms with Crippen LogP contribution in [0, 0.1) is 12.8 Å². The van der Waals surface area contributed by atoms with Gasteiger partial charge in [0.2, 0.25) is 0 Å². The number of aliphatic hydroxyl groups excluding tert-OH is 1. The van der Waals surface area contributed by atoms with Gasteiger partial charge in [0.25, 0.3) is 0 Å². The molecule has 2 atom stereocenters. The Balaban J connectivity index is 1.85. The number of hydrogen-bond acceptors (Lipinski definition) is 3. The van der Waals surface area contributed by atoms with E-state index in [-0.39, 0.29) is 0 Å². The van der Waals surface area contributed by atoms with Gasteiger partial charge in [-0.05, 0) is 37.3 Å². The molecule has 1 heterocycles. The molecule has 0 radical (unpaired) electrons. The van der Waals surface area contributed by atoms with E-state index >= 15 is 0 Å². The molecule has 88 valence electrons. The fourth-order valence-electron chi connectivity index (χ4n) is 2.36. The summed E-state index contributed by atoms with van der Waals surface area (Å²) < 4.78 is 0. The lowest BCUT2D eigenvalue weighted by Gasteiger charge is -2.18.